The normalized spacial score (nSPS) is 11.2. The van der Waals surface area contributed by atoms with E-state index in [2.05, 4.69) is 31.1 Å². The molecular weight excluding hydrogens is 501 g/mol. The highest BCUT2D eigenvalue weighted by atomic mass is 32.2. The van der Waals surface area contributed by atoms with Crippen LogP contribution < -0.4 is 20.4 Å². The third kappa shape index (κ3) is 6.89. The number of halogens is 1. The van der Waals surface area contributed by atoms with Crippen molar-refractivity contribution >= 4 is 44.6 Å². The summed E-state index contributed by atoms with van der Waals surface area (Å²) in [4.78, 5) is 30.7. The molecule has 13 heteroatoms. The minimum atomic E-state index is -3.67. The highest BCUT2D eigenvalue weighted by Crippen LogP contribution is 2.34. The number of aromatic nitrogens is 3. The highest BCUT2D eigenvalue weighted by molar-refractivity contribution is 7.92. The van der Waals surface area contributed by atoms with Crippen LogP contribution in [0.4, 0.5) is 33.1 Å². The smallest absolute Gasteiger partial charge is 0.278 e. The molecule has 3 rings (SSSR count). The number of hydrogen-bond acceptors (Lipinski definition) is 9. The van der Waals surface area contributed by atoms with Crippen molar-refractivity contribution in [3.8, 4) is 0 Å². The van der Waals surface area contributed by atoms with E-state index >= 15 is 0 Å². The Kier molecular flexibility index (Phi) is 8.61. The van der Waals surface area contributed by atoms with E-state index in [9.17, 15) is 17.6 Å². The standard InChI is InChI=1S/C24H30FN7O4S/c1-7-16-10-21(32(5)37(6,34)35)20(11-18(16)25)29-19-12-22(26-13-17(19)24(33)31-36-8-2)30-23-9-14(3)27-15(4)28-23/h9-13H,7-8H2,1-6H3,(H,31,33)(H2,26,27,28,29,30). The fourth-order valence-electron chi connectivity index (χ4n) is 3.47. The van der Waals surface area contributed by atoms with Crippen LogP contribution in [-0.4, -0.2) is 49.2 Å². The maximum absolute atomic E-state index is 14.8. The van der Waals surface area contributed by atoms with Crippen LogP contribution >= 0.6 is 0 Å². The molecular formula is C24H30FN7O4S. The number of nitrogens with one attached hydrogen (secondary N) is 3. The molecule has 0 aliphatic heterocycles. The van der Waals surface area contributed by atoms with Crippen molar-refractivity contribution in [1.29, 1.82) is 0 Å². The Morgan fingerprint density at radius 3 is 2.41 bits per heavy atom. The van der Waals surface area contributed by atoms with Crippen LogP contribution in [-0.2, 0) is 21.3 Å². The Morgan fingerprint density at radius 2 is 1.78 bits per heavy atom. The van der Waals surface area contributed by atoms with Gasteiger partial charge in [-0.15, -0.1) is 0 Å². The molecule has 0 radical (unpaired) electrons. The maximum atomic E-state index is 14.8. The number of pyridine rings is 1. The van der Waals surface area contributed by atoms with Gasteiger partial charge in [-0.2, -0.15) is 0 Å². The lowest BCUT2D eigenvalue weighted by Crippen LogP contribution is -2.26. The third-order valence-electron chi connectivity index (χ3n) is 5.33. The number of benzene rings is 1. The molecule has 1 amide bonds. The number of aryl methyl sites for hydroxylation is 3. The van der Waals surface area contributed by atoms with Crippen molar-refractivity contribution in [2.75, 3.05) is 34.8 Å². The molecule has 3 N–H and O–H groups in total. The summed E-state index contributed by atoms with van der Waals surface area (Å²) in [5.74, 6) is 0.270. The molecule has 2 aromatic heterocycles. The van der Waals surface area contributed by atoms with Crippen LogP contribution in [0, 0.1) is 19.7 Å². The number of nitrogens with zero attached hydrogens (tertiary/aromatic N) is 4. The van der Waals surface area contributed by atoms with E-state index in [4.69, 9.17) is 4.84 Å². The van der Waals surface area contributed by atoms with Gasteiger partial charge in [-0.25, -0.2) is 33.2 Å². The molecule has 0 bridgehead atoms. The highest BCUT2D eigenvalue weighted by Gasteiger charge is 2.21. The van der Waals surface area contributed by atoms with Gasteiger partial charge in [-0.05, 0) is 44.9 Å². The molecule has 198 valence electrons. The van der Waals surface area contributed by atoms with Gasteiger partial charge in [0.25, 0.3) is 5.91 Å². The van der Waals surface area contributed by atoms with Gasteiger partial charge in [0.05, 0.1) is 35.5 Å². The van der Waals surface area contributed by atoms with Crippen LogP contribution in [0.15, 0.2) is 30.5 Å². The molecule has 0 saturated heterocycles. The topological polar surface area (TPSA) is 138 Å². The van der Waals surface area contributed by atoms with Crippen molar-refractivity contribution in [3.63, 3.8) is 0 Å². The number of amides is 1. The second kappa shape index (κ2) is 11.5. The zero-order valence-electron chi connectivity index (χ0n) is 21.5. The van der Waals surface area contributed by atoms with Crippen molar-refractivity contribution in [2.45, 2.75) is 34.1 Å². The van der Waals surface area contributed by atoms with Gasteiger partial charge in [0, 0.05) is 31.1 Å². The number of anilines is 5. The lowest BCUT2D eigenvalue weighted by Gasteiger charge is -2.23. The van der Waals surface area contributed by atoms with Crippen LogP contribution in [0.1, 0.15) is 41.3 Å². The van der Waals surface area contributed by atoms with Crippen LogP contribution in [0.2, 0.25) is 0 Å². The summed E-state index contributed by atoms with van der Waals surface area (Å²) >= 11 is 0. The summed E-state index contributed by atoms with van der Waals surface area (Å²) in [7, 11) is -2.30. The molecule has 0 saturated carbocycles. The number of carbonyl (C=O) groups excluding carboxylic acids is 1. The largest absolute Gasteiger partial charge is 0.353 e. The van der Waals surface area contributed by atoms with Gasteiger partial charge in [0.1, 0.15) is 23.3 Å². The summed E-state index contributed by atoms with van der Waals surface area (Å²) in [6.45, 7) is 7.30. The van der Waals surface area contributed by atoms with Gasteiger partial charge < -0.3 is 10.6 Å². The lowest BCUT2D eigenvalue weighted by atomic mass is 10.1. The molecule has 0 unspecified atom stereocenters. The minimum absolute atomic E-state index is 0.0852. The van der Waals surface area contributed by atoms with Gasteiger partial charge >= 0.3 is 0 Å². The Morgan fingerprint density at radius 1 is 1.05 bits per heavy atom. The van der Waals surface area contributed by atoms with Gasteiger partial charge in [-0.1, -0.05) is 6.92 Å². The average Bonchev–Trinajstić information content (AvgIpc) is 2.81. The number of sulfonamides is 1. The molecule has 0 aliphatic rings. The summed E-state index contributed by atoms with van der Waals surface area (Å²) < 4.78 is 40.5. The summed E-state index contributed by atoms with van der Waals surface area (Å²) in [5, 5.41) is 6.08. The number of rotatable bonds is 10. The van der Waals surface area contributed by atoms with Crippen LogP contribution in [0.5, 0.6) is 0 Å². The van der Waals surface area contributed by atoms with Crippen molar-refractivity contribution in [2.24, 2.45) is 0 Å². The Hall–Kier alpha value is -3.84. The minimum Gasteiger partial charge on any atom is -0.353 e. The quantitative estimate of drug-likeness (QED) is 0.334. The first-order chi connectivity index (χ1) is 17.4. The number of hydrogen-bond donors (Lipinski definition) is 3. The van der Waals surface area contributed by atoms with Crippen LogP contribution in [0.3, 0.4) is 0 Å². The lowest BCUT2D eigenvalue weighted by molar-refractivity contribution is 0.0365. The summed E-state index contributed by atoms with van der Waals surface area (Å²) in [6, 6.07) is 5.93. The molecule has 3 aromatic rings. The molecule has 0 aliphatic carbocycles. The zero-order chi connectivity index (χ0) is 27.3. The molecule has 37 heavy (non-hydrogen) atoms. The van der Waals surface area contributed by atoms with E-state index in [1.54, 1.807) is 26.8 Å². The maximum Gasteiger partial charge on any atom is 0.278 e. The molecule has 2 heterocycles. The van der Waals surface area contributed by atoms with Gasteiger partial charge in [0.15, 0.2) is 0 Å². The fourth-order valence-corrected chi connectivity index (χ4v) is 3.98. The van der Waals surface area contributed by atoms with E-state index in [1.165, 1.54) is 31.4 Å². The second-order valence-electron chi connectivity index (χ2n) is 8.22. The SMILES string of the molecule is CCONC(=O)c1cnc(Nc2cc(C)nc(C)n2)cc1Nc1cc(F)c(CC)cc1N(C)S(C)(=O)=O. The van der Waals surface area contributed by atoms with E-state index < -0.39 is 21.7 Å². The summed E-state index contributed by atoms with van der Waals surface area (Å²) in [6.07, 6.45) is 2.73. The molecule has 1 aromatic carbocycles. The number of hydroxylamine groups is 1. The van der Waals surface area contributed by atoms with Crippen molar-refractivity contribution in [1.82, 2.24) is 20.4 Å². The predicted molar refractivity (Wildman–Crippen MR) is 140 cm³/mol. The molecule has 0 atom stereocenters. The first-order valence-electron chi connectivity index (χ1n) is 11.5. The first kappa shape index (κ1) is 27.7. The molecule has 11 nitrogen and oxygen atoms in total. The van der Waals surface area contributed by atoms with E-state index in [0.29, 0.717) is 29.4 Å². The van der Waals surface area contributed by atoms with E-state index in [-0.39, 0.29) is 29.2 Å². The van der Waals surface area contributed by atoms with E-state index in [0.717, 1.165) is 16.3 Å². The van der Waals surface area contributed by atoms with Gasteiger partial charge in [0.2, 0.25) is 10.0 Å². The average molecular weight is 532 g/mol. The summed E-state index contributed by atoms with van der Waals surface area (Å²) in [5.41, 5.74) is 4.07. The second-order valence-corrected chi connectivity index (χ2v) is 10.2. The van der Waals surface area contributed by atoms with Crippen molar-refractivity contribution in [3.05, 3.63) is 58.9 Å². The zero-order valence-corrected chi connectivity index (χ0v) is 22.3. The first-order valence-corrected chi connectivity index (χ1v) is 13.3. The predicted octanol–water partition coefficient (Wildman–Crippen LogP) is 3.75. The Bertz CT molecular complexity index is 1400. The molecule has 0 spiro atoms. The third-order valence-corrected chi connectivity index (χ3v) is 6.52. The monoisotopic (exact) mass is 531 g/mol. The molecule has 0 fully saturated rings. The van der Waals surface area contributed by atoms with Gasteiger partial charge in [-0.3, -0.25) is 13.9 Å². The van der Waals surface area contributed by atoms with Crippen molar-refractivity contribution < 1.29 is 22.4 Å². The Labute approximate surface area is 215 Å². The Balaban J connectivity index is 2.12. The fraction of sp³-hybridized carbons (Fsp3) is 0.333. The van der Waals surface area contributed by atoms with E-state index in [1.807, 2.05) is 6.92 Å². The van der Waals surface area contributed by atoms with Crippen LogP contribution in [0.25, 0.3) is 0 Å². The number of carbonyl (C=O) groups is 1.